The smallest absolute Gasteiger partial charge is 0.305 e. The van der Waals surface area contributed by atoms with Crippen molar-refractivity contribution in [2.45, 2.75) is 51.0 Å². The predicted molar refractivity (Wildman–Crippen MR) is 68.6 cm³/mol. The molecule has 0 radical (unpaired) electrons. The van der Waals surface area contributed by atoms with Gasteiger partial charge in [0.2, 0.25) is 0 Å². The number of anilines is 1. The van der Waals surface area contributed by atoms with Crippen molar-refractivity contribution in [3.05, 3.63) is 18.1 Å². The number of rotatable bonds is 5. The molecular formula is C13H19N3O2. The van der Waals surface area contributed by atoms with Gasteiger partial charge in [0.25, 0.3) is 0 Å². The van der Waals surface area contributed by atoms with Crippen molar-refractivity contribution >= 4 is 11.8 Å². The first kappa shape index (κ1) is 12.8. The molecule has 1 aliphatic carbocycles. The van der Waals surface area contributed by atoms with Gasteiger partial charge >= 0.3 is 5.97 Å². The highest BCUT2D eigenvalue weighted by molar-refractivity contribution is 5.69. The van der Waals surface area contributed by atoms with E-state index in [0.29, 0.717) is 5.92 Å². The van der Waals surface area contributed by atoms with E-state index in [2.05, 4.69) is 29.1 Å². The lowest BCUT2D eigenvalue weighted by Crippen LogP contribution is -2.47. The summed E-state index contributed by atoms with van der Waals surface area (Å²) >= 11 is 0. The molecule has 0 amide bonds. The molecule has 5 nitrogen and oxygen atoms in total. The number of carboxylic acids is 1. The van der Waals surface area contributed by atoms with E-state index in [0.717, 1.165) is 30.8 Å². The molecule has 5 heteroatoms. The standard InChI is InChI=1S/C13H19N3O2/c1-9(2)10-6-11(15-8-14-10)16-13(4-3-5-13)7-12(17)18/h6,8-9H,3-5,7H2,1-2H3,(H,17,18)(H,14,15,16). The van der Waals surface area contributed by atoms with Gasteiger partial charge in [-0.05, 0) is 25.2 Å². The maximum Gasteiger partial charge on any atom is 0.305 e. The van der Waals surface area contributed by atoms with Gasteiger partial charge in [0, 0.05) is 17.3 Å². The van der Waals surface area contributed by atoms with Crippen molar-refractivity contribution in [2.75, 3.05) is 5.32 Å². The molecule has 2 rings (SSSR count). The van der Waals surface area contributed by atoms with E-state index >= 15 is 0 Å². The average molecular weight is 249 g/mol. The van der Waals surface area contributed by atoms with Crippen LogP contribution in [0.15, 0.2) is 12.4 Å². The van der Waals surface area contributed by atoms with Crippen LogP contribution in [0.5, 0.6) is 0 Å². The molecule has 18 heavy (non-hydrogen) atoms. The Morgan fingerprint density at radius 3 is 2.72 bits per heavy atom. The fraction of sp³-hybridized carbons (Fsp3) is 0.615. The lowest BCUT2D eigenvalue weighted by atomic mass is 9.74. The number of aromatic nitrogens is 2. The summed E-state index contributed by atoms with van der Waals surface area (Å²) in [6, 6.07) is 1.91. The molecule has 0 spiro atoms. The molecule has 1 heterocycles. The summed E-state index contributed by atoms with van der Waals surface area (Å²) in [6.07, 6.45) is 4.53. The van der Waals surface area contributed by atoms with Crippen LogP contribution in [-0.4, -0.2) is 26.6 Å². The second-order valence-electron chi connectivity index (χ2n) is 5.31. The summed E-state index contributed by atoms with van der Waals surface area (Å²) in [5.74, 6) is 0.306. The molecule has 0 unspecified atom stereocenters. The molecule has 1 saturated carbocycles. The zero-order valence-electron chi connectivity index (χ0n) is 10.8. The zero-order valence-corrected chi connectivity index (χ0v) is 10.8. The topological polar surface area (TPSA) is 75.1 Å². The number of nitrogens with one attached hydrogen (secondary N) is 1. The molecule has 0 saturated heterocycles. The number of hydrogen-bond donors (Lipinski definition) is 2. The third-order valence-electron chi connectivity index (χ3n) is 3.47. The number of aliphatic carboxylic acids is 1. The van der Waals surface area contributed by atoms with Crippen LogP contribution in [0, 0.1) is 0 Å². The Morgan fingerprint density at radius 1 is 1.50 bits per heavy atom. The highest BCUT2D eigenvalue weighted by Crippen LogP contribution is 2.37. The quantitative estimate of drug-likeness (QED) is 0.838. The Kier molecular flexibility index (Phi) is 3.50. The van der Waals surface area contributed by atoms with Gasteiger partial charge in [-0.15, -0.1) is 0 Å². The summed E-state index contributed by atoms with van der Waals surface area (Å²) in [4.78, 5) is 19.3. The van der Waals surface area contributed by atoms with Gasteiger partial charge in [-0.25, -0.2) is 9.97 Å². The van der Waals surface area contributed by atoms with E-state index in [-0.39, 0.29) is 12.0 Å². The minimum absolute atomic E-state index is 0.147. The molecule has 0 aromatic carbocycles. The second kappa shape index (κ2) is 4.92. The molecule has 0 aliphatic heterocycles. The van der Waals surface area contributed by atoms with Gasteiger partial charge in [0.1, 0.15) is 12.1 Å². The van der Waals surface area contributed by atoms with Gasteiger partial charge in [0.15, 0.2) is 0 Å². The van der Waals surface area contributed by atoms with Crippen molar-refractivity contribution in [1.29, 1.82) is 0 Å². The maximum absolute atomic E-state index is 10.9. The lowest BCUT2D eigenvalue weighted by molar-refractivity contribution is -0.138. The van der Waals surface area contributed by atoms with E-state index < -0.39 is 5.97 Å². The number of hydrogen-bond acceptors (Lipinski definition) is 4. The van der Waals surface area contributed by atoms with Crippen LogP contribution < -0.4 is 5.32 Å². The Bertz CT molecular complexity index is 442. The van der Waals surface area contributed by atoms with Crippen molar-refractivity contribution in [3.8, 4) is 0 Å². The first-order valence-electron chi connectivity index (χ1n) is 6.33. The van der Waals surface area contributed by atoms with Crippen LogP contribution >= 0.6 is 0 Å². The molecule has 98 valence electrons. The van der Waals surface area contributed by atoms with Crippen LogP contribution in [0.3, 0.4) is 0 Å². The summed E-state index contributed by atoms with van der Waals surface area (Å²) in [7, 11) is 0. The molecule has 0 atom stereocenters. The third-order valence-corrected chi connectivity index (χ3v) is 3.47. The van der Waals surface area contributed by atoms with Gasteiger partial charge in [-0.2, -0.15) is 0 Å². The second-order valence-corrected chi connectivity index (χ2v) is 5.31. The van der Waals surface area contributed by atoms with E-state index in [1.54, 1.807) is 0 Å². The normalized spacial score (nSPS) is 17.3. The number of nitrogens with zero attached hydrogens (tertiary/aromatic N) is 2. The highest BCUT2D eigenvalue weighted by Gasteiger charge is 2.39. The van der Waals surface area contributed by atoms with Crippen molar-refractivity contribution < 1.29 is 9.90 Å². The average Bonchev–Trinajstić information content (AvgIpc) is 2.25. The van der Waals surface area contributed by atoms with Crippen LogP contribution in [0.1, 0.15) is 51.1 Å². The minimum Gasteiger partial charge on any atom is -0.481 e. The zero-order chi connectivity index (χ0) is 13.2. The monoisotopic (exact) mass is 249 g/mol. The largest absolute Gasteiger partial charge is 0.481 e. The molecular weight excluding hydrogens is 230 g/mol. The Morgan fingerprint density at radius 2 is 2.22 bits per heavy atom. The summed E-state index contributed by atoms with van der Waals surface area (Å²) in [5.41, 5.74) is 0.659. The van der Waals surface area contributed by atoms with Crippen LogP contribution in [0.4, 0.5) is 5.82 Å². The molecule has 0 bridgehead atoms. The van der Waals surface area contributed by atoms with Gasteiger partial charge in [0.05, 0.1) is 6.42 Å². The molecule has 2 N–H and O–H groups in total. The Labute approximate surface area is 107 Å². The van der Waals surface area contributed by atoms with E-state index in [1.165, 1.54) is 6.33 Å². The van der Waals surface area contributed by atoms with Gasteiger partial charge < -0.3 is 10.4 Å². The van der Waals surface area contributed by atoms with Crippen molar-refractivity contribution in [2.24, 2.45) is 0 Å². The molecule has 1 aromatic heterocycles. The molecule has 1 fully saturated rings. The summed E-state index contributed by atoms with van der Waals surface area (Å²) < 4.78 is 0. The van der Waals surface area contributed by atoms with Crippen LogP contribution in [0.2, 0.25) is 0 Å². The predicted octanol–water partition coefficient (Wildman–Crippen LogP) is 2.41. The minimum atomic E-state index is -0.764. The first-order valence-corrected chi connectivity index (χ1v) is 6.33. The Hall–Kier alpha value is -1.65. The summed E-state index contributed by atoms with van der Waals surface area (Å²) in [6.45, 7) is 4.14. The van der Waals surface area contributed by atoms with Crippen LogP contribution in [0.25, 0.3) is 0 Å². The summed E-state index contributed by atoms with van der Waals surface area (Å²) in [5, 5.41) is 12.2. The molecule has 1 aromatic rings. The number of carboxylic acid groups (broad SMARTS) is 1. The highest BCUT2D eigenvalue weighted by atomic mass is 16.4. The van der Waals surface area contributed by atoms with Gasteiger partial charge in [-0.1, -0.05) is 13.8 Å². The fourth-order valence-electron chi connectivity index (χ4n) is 2.27. The molecule has 1 aliphatic rings. The van der Waals surface area contributed by atoms with Crippen molar-refractivity contribution in [1.82, 2.24) is 9.97 Å². The van der Waals surface area contributed by atoms with Gasteiger partial charge in [-0.3, -0.25) is 4.79 Å². The third kappa shape index (κ3) is 2.78. The maximum atomic E-state index is 10.9. The number of carbonyl (C=O) groups is 1. The SMILES string of the molecule is CC(C)c1cc(NC2(CC(=O)O)CCC2)ncn1. The lowest BCUT2D eigenvalue weighted by Gasteiger charge is -2.41. The fourth-order valence-corrected chi connectivity index (χ4v) is 2.27. The van der Waals surface area contributed by atoms with E-state index in [4.69, 9.17) is 5.11 Å². The van der Waals surface area contributed by atoms with Crippen molar-refractivity contribution in [3.63, 3.8) is 0 Å². The Balaban J connectivity index is 2.12. The van der Waals surface area contributed by atoms with E-state index in [1.807, 2.05) is 6.07 Å². The van der Waals surface area contributed by atoms with Crippen LogP contribution in [-0.2, 0) is 4.79 Å². The van der Waals surface area contributed by atoms with E-state index in [9.17, 15) is 4.79 Å². The first-order chi connectivity index (χ1) is 8.51.